The molecule has 0 aliphatic carbocycles. The van der Waals surface area contributed by atoms with Gasteiger partial charge in [0.1, 0.15) is 6.04 Å². The van der Waals surface area contributed by atoms with Crippen LogP contribution in [0.5, 0.6) is 0 Å². The number of nitrogens with one attached hydrogen (secondary N) is 1. The van der Waals surface area contributed by atoms with Gasteiger partial charge in [-0.15, -0.1) is 0 Å². The number of aliphatic carboxylic acids is 1. The molecule has 3 aromatic carbocycles. The minimum Gasteiger partial charge on any atom is -0.480 e. The van der Waals surface area contributed by atoms with Crippen LogP contribution in [0.25, 0.3) is 11.1 Å². The maximum atomic E-state index is 13.4. The van der Waals surface area contributed by atoms with Gasteiger partial charge >= 0.3 is 5.97 Å². The lowest BCUT2D eigenvalue weighted by molar-refractivity contribution is -0.139. The highest BCUT2D eigenvalue weighted by atomic mass is 32.2. The molecule has 44 heavy (non-hydrogen) atoms. The standard InChI is InChI=1S/C32H38N2O5S2.C2H6O/c1-22-9-7-8-12-27(22)29-18-25(13-14-28(29)31(35)33-30(32(36)37)15-16-40-3)19-34-20-26(17-23(34)2)41(38,39)21-24-10-5-4-6-11-24;1-3-2/h4-14,18,23,26,30H,15-17,19-21H2,1-3H3,(H,33,35)(H,36,37);1-2H3. The maximum absolute atomic E-state index is 13.4. The summed E-state index contributed by atoms with van der Waals surface area (Å²) < 4.78 is 30.7. The van der Waals surface area contributed by atoms with Gasteiger partial charge in [0.15, 0.2) is 9.84 Å². The van der Waals surface area contributed by atoms with Crippen molar-refractivity contribution in [2.24, 2.45) is 0 Å². The average Bonchev–Trinajstić information content (AvgIpc) is 3.36. The first-order chi connectivity index (χ1) is 21.0. The Labute approximate surface area is 266 Å². The van der Waals surface area contributed by atoms with Crippen LogP contribution in [0.3, 0.4) is 0 Å². The van der Waals surface area contributed by atoms with Crippen molar-refractivity contribution < 1.29 is 27.9 Å². The van der Waals surface area contributed by atoms with Crippen LogP contribution in [0.4, 0.5) is 0 Å². The molecule has 1 fully saturated rings. The number of nitrogens with zero attached hydrogens (tertiary/aromatic N) is 1. The Hall–Kier alpha value is -3.18. The highest BCUT2D eigenvalue weighted by Crippen LogP contribution is 2.31. The monoisotopic (exact) mass is 640 g/mol. The number of methoxy groups -OCH3 is 1. The first kappa shape index (κ1) is 35.3. The van der Waals surface area contributed by atoms with Crippen molar-refractivity contribution in [1.29, 1.82) is 0 Å². The van der Waals surface area contributed by atoms with Crippen LogP contribution in [0.15, 0.2) is 72.8 Å². The summed E-state index contributed by atoms with van der Waals surface area (Å²) in [4.78, 5) is 27.4. The second kappa shape index (κ2) is 16.8. The molecule has 0 aromatic heterocycles. The first-order valence-electron chi connectivity index (χ1n) is 14.6. The van der Waals surface area contributed by atoms with Gasteiger partial charge in [-0.2, -0.15) is 11.8 Å². The summed E-state index contributed by atoms with van der Waals surface area (Å²) in [7, 11) is -0.0654. The lowest BCUT2D eigenvalue weighted by Crippen LogP contribution is -2.41. The number of aryl methyl sites for hydroxylation is 1. The Morgan fingerprint density at radius 2 is 1.68 bits per heavy atom. The summed E-state index contributed by atoms with van der Waals surface area (Å²) >= 11 is 1.53. The molecule has 3 unspecified atom stereocenters. The number of thioether (sulfide) groups is 1. The van der Waals surface area contributed by atoms with Crippen molar-refractivity contribution >= 4 is 33.5 Å². The van der Waals surface area contributed by atoms with E-state index in [1.807, 2.05) is 79.9 Å². The summed E-state index contributed by atoms with van der Waals surface area (Å²) in [6.45, 7) is 5.04. The summed E-state index contributed by atoms with van der Waals surface area (Å²) in [5.74, 6) is -0.822. The molecule has 2 N–H and O–H groups in total. The van der Waals surface area contributed by atoms with Gasteiger partial charge in [0.05, 0.1) is 11.0 Å². The van der Waals surface area contributed by atoms with Crippen LogP contribution >= 0.6 is 11.8 Å². The van der Waals surface area contributed by atoms with E-state index in [4.69, 9.17) is 0 Å². The van der Waals surface area contributed by atoms with E-state index in [9.17, 15) is 23.1 Å². The molecule has 1 heterocycles. The van der Waals surface area contributed by atoms with Crippen LogP contribution < -0.4 is 5.32 Å². The van der Waals surface area contributed by atoms with E-state index in [0.29, 0.717) is 37.2 Å². The fourth-order valence-electron chi connectivity index (χ4n) is 5.40. The van der Waals surface area contributed by atoms with E-state index < -0.39 is 33.0 Å². The molecular weight excluding hydrogens is 597 g/mol. The number of ether oxygens (including phenoxy) is 1. The molecule has 4 rings (SSSR count). The fraction of sp³-hybridized carbons (Fsp3) is 0.412. The number of rotatable bonds is 12. The summed E-state index contributed by atoms with van der Waals surface area (Å²) in [6.07, 6.45) is 2.81. The Balaban J connectivity index is 0.00000169. The third kappa shape index (κ3) is 9.66. The molecule has 0 spiro atoms. The van der Waals surface area contributed by atoms with E-state index in [1.54, 1.807) is 20.3 Å². The maximum Gasteiger partial charge on any atom is 0.326 e. The van der Waals surface area contributed by atoms with E-state index in [1.165, 1.54) is 11.8 Å². The number of carbonyl (C=O) groups is 2. The Morgan fingerprint density at radius 3 is 2.32 bits per heavy atom. The van der Waals surface area contributed by atoms with Gasteiger partial charge in [0, 0.05) is 38.9 Å². The number of benzene rings is 3. The number of likely N-dealkylation sites (tertiary alicyclic amines) is 1. The predicted octanol–water partition coefficient (Wildman–Crippen LogP) is 5.44. The minimum atomic E-state index is -3.32. The Kier molecular flexibility index (Phi) is 13.5. The van der Waals surface area contributed by atoms with Gasteiger partial charge in [0.25, 0.3) is 5.91 Å². The topological polar surface area (TPSA) is 113 Å². The van der Waals surface area contributed by atoms with Crippen molar-refractivity contribution in [3.63, 3.8) is 0 Å². The second-order valence-corrected chi connectivity index (χ2v) is 14.4. The highest BCUT2D eigenvalue weighted by Gasteiger charge is 2.37. The smallest absolute Gasteiger partial charge is 0.326 e. The number of hydrogen-bond acceptors (Lipinski definition) is 7. The molecule has 3 aromatic rings. The zero-order chi connectivity index (χ0) is 32.3. The highest BCUT2D eigenvalue weighted by molar-refractivity contribution is 7.98. The number of amides is 1. The van der Waals surface area contributed by atoms with Crippen molar-refractivity contribution in [2.75, 3.05) is 32.8 Å². The lowest BCUT2D eigenvalue weighted by Gasteiger charge is -2.22. The first-order valence-corrected chi connectivity index (χ1v) is 17.7. The zero-order valence-corrected chi connectivity index (χ0v) is 27.8. The van der Waals surface area contributed by atoms with Crippen LogP contribution in [0.2, 0.25) is 0 Å². The zero-order valence-electron chi connectivity index (χ0n) is 26.2. The van der Waals surface area contributed by atoms with Crippen LogP contribution in [-0.2, 0) is 31.7 Å². The van der Waals surface area contributed by atoms with Crippen molar-refractivity contribution in [3.8, 4) is 11.1 Å². The van der Waals surface area contributed by atoms with Gasteiger partial charge < -0.3 is 15.2 Å². The number of hydrogen-bond donors (Lipinski definition) is 2. The second-order valence-electron chi connectivity index (χ2n) is 11.2. The SMILES string of the molecule is COC.CSCCC(NC(=O)c1ccc(CN2CC(S(=O)(=O)Cc3ccccc3)CC2C)cc1-c1ccccc1C)C(=O)O. The fourth-order valence-corrected chi connectivity index (χ4v) is 7.75. The van der Waals surface area contributed by atoms with E-state index >= 15 is 0 Å². The normalized spacial score (nSPS) is 17.4. The average molecular weight is 641 g/mol. The van der Waals surface area contributed by atoms with Crippen molar-refractivity contribution in [1.82, 2.24) is 10.2 Å². The molecule has 0 saturated carbocycles. The van der Waals surface area contributed by atoms with Gasteiger partial charge in [-0.05, 0) is 78.6 Å². The molecule has 1 saturated heterocycles. The molecule has 1 aliphatic rings. The van der Waals surface area contributed by atoms with E-state index in [-0.39, 0.29) is 11.8 Å². The molecule has 10 heteroatoms. The summed E-state index contributed by atoms with van der Waals surface area (Å²) in [5.41, 5.74) is 4.80. The summed E-state index contributed by atoms with van der Waals surface area (Å²) in [5, 5.41) is 11.9. The van der Waals surface area contributed by atoms with Gasteiger partial charge in [0.2, 0.25) is 0 Å². The van der Waals surface area contributed by atoms with Crippen molar-refractivity contribution in [3.05, 3.63) is 95.1 Å². The molecular formula is C34H44N2O6S2. The number of carboxylic acids is 1. The van der Waals surface area contributed by atoms with Gasteiger partial charge in [-0.3, -0.25) is 9.69 Å². The largest absolute Gasteiger partial charge is 0.480 e. The van der Waals surface area contributed by atoms with E-state index in [2.05, 4.69) is 21.9 Å². The number of sulfone groups is 1. The van der Waals surface area contributed by atoms with Crippen molar-refractivity contribution in [2.45, 2.75) is 56.3 Å². The quantitative estimate of drug-likeness (QED) is 0.269. The van der Waals surface area contributed by atoms with Gasteiger partial charge in [-0.25, -0.2) is 13.2 Å². The van der Waals surface area contributed by atoms with Crippen LogP contribution in [0, 0.1) is 6.92 Å². The molecule has 8 nitrogen and oxygen atoms in total. The third-order valence-electron chi connectivity index (χ3n) is 7.75. The number of carbonyl (C=O) groups excluding carboxylic acids is 1. The lowest BCUT2D eigenvalue weighted by atomic mass is 9.93. The molecule has 1 amide bonds. The Bertz CT molecular complexity index is 1500. The summed E-state index contributed by atoms with van der Waals surface area (Å²) in [6, 6.07) is 21.8. The minimum absolute atomic E-state index is 0.0363. The third-order valence-corrected chi connectivity index (χ3v) is 10.5. The molecule has 3 atom stereocenters. The van der Waals surface area contributed by atoms with Crippen LogP contribution in [0.1, 0.15) is 46.8 Å². The molecule has 0 radical (unpaired) electrons. The molecule has 0 bridgehead atoms. The molecule has 1 aliphatic heterocycles. The predicted molar refractivity (Wildman–Crippen MR) is 179 cm³/mol. The van der Waals surface area contributed by atoms with Crippen LogP contribution in [-0.4, -0.2) is 80.4 Å². The molecule has 238 valence electrons. The van der Waals surface area contributed by atoms with Gasteiger partial charge in [-0.1, -0.05) is 60.7 Å². The van der Waals surface area contributed by atoms with E-state index in [0.717, 1.165) is 27.8 Å². The Morgan fingerprint density at radius 1 is 1.02 bits per heavy atom. The number of carboxylic acid groups (broad SMARTS) is 1.